The molecule has 0 aromatic heterocycles. The van der Waals surface area contributed by atoms with Crippen LogP contribution in [0.3, 0.4) is 0 Å². The lowest BCUT2D eigenvalue weighted by atomic mass is 10.2. The molecule has 0 bridgehead atoms. The Morgan fingerprint density at radius 2 is 1.67 bits per heavy atom. The molecule has 0 N–H and O–H groups in total. The fraction of sp³-hybridized carbons (Fsp3) is 0.333. The van der Waals surface area contributed by atoms with Gasteiger partial charge < -0.3 is 14.2 Å². The molecule has 2 rings (SSSR count). The van der Waals surface area contributed by atoms with E-state index >= 15 is 0 Å². The van der Waals surface area contributed by atoms with Gasteiger partial charge in [0.05, 0.1) is 6.61 Å². The quantitative estimate of drug-likeness (QED) is 0.687. The molecule has 21 heavy (non-hydrogen) atoms. The van der Waals surface area contributed by atoms with Crippen molar-refractivity contribution in [2.24, 2.45) is 0 Å². The van der Waals surface area contributed by atoms with Crippen molar-refractivity contribution in [2.45, 2.75) is 20.0 Å². The highest BCUT2D eigenvalue weighted by Crippen LogP contribution is 2.29. The minimum absolute atomic E-state index is 0.540. The van der Waals surface area contributed by atoms with Crippen LogP contribution in [0.4, 0.5) is 0 Å². The summed E-state index contributed by atoms with van der Waals surface area (Å²) in [4.78, 5) is 0. The average Bonchev–Trinajstić information content (AvgIpc) is 2.52. The molecule has 112 valence electrons. The predicted molar refractivity (Wildman–Crippen MR) is 83.9 cm³/mol. The Morgan fingerprint density at radius 1 is 0.857 bits per heavy atom. The monoisotopic (exact) mass is 286 g/mol. The summed E-state index contributed by atoms with van der Waals surface area (Å²) in [6.07, 6.45) is 0.864. The van der Waals surface area contributed by atoms with Crippen molar-refractivity contribution in [3.8, 4) is 11.5 Å². The molecule has 0 fully saturated rings. The van der Waals surface area contributed by atoms with Crippen LogP contribution in [0.5, 0.6) is 11.5 Å². The Bertz CT molecular complexity index is 537. The second-order valence-corrected chi connectivity index (χ2v) is 4.92. The summed E-state index contributed by atoms with van der Waals surface area (Å²) in [5, 5.41) is 0. The van der Waals surface area contributed by atoms with Gasteiger partial charge >= 0.3 is 0 Å². The van der Waals surface area contributed by atoms with Gasteiger partial charge in [0.25, 0.3) is 0 Å². The van der Waals surface area contributed by atoms with E-state index in [0.29, 0.717) is 19.8 Å². The summed E-state index contributed by atoms with van der Waals surface area (Å²) in [5.41, 5.74) is 2.30. The highest BCUT2D eigenvalue weighted by molar-refractivity contribution is 5.42. The lowest BCUT2D eigenvalue weighted by Crippen LogP contribution is -2.04. The van der Waals surface area contributed by atoms with Crippen molar-refractivity contribution in [3.05, 3.63) is 59.7 Å². The highest BCUT2D eigenvalue weighted by atomic mass is 16.5. The zero-order valence-electron chi connectivity index (χ0n) is 12.7. The van der Waals surface area contributed by atoms with Gasteiger partial charge in [-0.05, 0) is 30.2 Å². The minimum Gasteiger partial charge on any atom is -0.490 e. The van der Waals surface area contributed by atoms with Gasteiger partial charge in [-0.2, -0.15) is 0 Å². The maximum Gasteiger partial charge on any atom is 0.161 e. The van der Waals surface area contributed by atoms with E-state index < -0.39 is 0 Å². The van der Waals surface area contributed by atoms with E-state index in [4.69, 9.17) is 14.2 Å². The Balaban J connectivity index is 1.97. The third kappa shape index (κ3) is 5.12. The number of benzene rings is 2. The van der Waals surface area contributed by atoms with E-state index in [-0.39, 0.29) is 0 Å². The second-order valence-electron chi connectivity index (χ2n) is 4.92. The minimum atomic E-state index is 0.540. The van der Waals surface area contributed by atoms with Gasteiger partial charge in [-0.3, -0.25) is 0 Å². The van der Waals surface area contributed by atoms with Crippen molar-refractivity contribution in [3.63, 3.8) is 0 Å². The Labute approximate surface area is 126 Å². The number of aryl methyl sites for hydroxylation is 1. The zero-order chi connectivity index (χ0) is 14.9. The number of rotatable bonds is 8. The van der Waals surface area contributed by atoms with Gasteiger partial charge in [-0.1, -0.05) is 36.4 Å². The fourth-order valence-electron chi connectivity index (χ4n) is 1.97. The van der Waals surface area contributed by atoms with Crippen molar-refractivity contribution in [1.29, 1.82) is 0 Å². The lowest BCUT2D eigenvalue weighted by Gasteiger charge is -2.13. The van der Waals surface area contributed by atoms with Gasteiger partial charge in [0.1, 0.15) is 6.61 Å². The van der Waals surface area contributed by atoms with Gasteiger partial charge in [-0.15, -0.1) is 0 Å². The van der Waals surface area contributed by atoms with Crippen molar-refractivity contribution < 1.29 is 14.2 Å². The molecule has 0 amide bonds. The van der Waals surface area contributed by atoms with E-state index in [2.05, 4.69) is 0 Å². The SMILES string of the molecule is COCCCOc1cc(C)ccc1OCc1ccccc1. The summed E-state index contributed by atoms with van der Waals surface area (Å²) in [6.45, 7) is 3.91. The molecule has 3 heteroatoms. The van der Waals surface area contributed by atoms with Crippen LogP contribution >= 0.6 is 0 Å². The summed E-state index contributed by atoms with van der Waals surface area (Å²) >= 11 is 0. The van der Waals surface area contributed by atoms with Crippen molar-refractivity contribution in [1.82, 2.24) is 0 Å². The smallest absolute Gasteiger partial charge is 0.161 e. The summed E-state index contributed by atoms with van der Waals surface area (Å²) < 4.78 is 16.7. The van der Waals surface area contributed by atoms with E-state index in [0.717, 1.165) is 29.0 Å². The number of hydrogen-bond donors (Lipinski definition) is 0. The first-order valence-corrected chi connectivity index (χ1v) is 7.18. The molecule has 0 saturated heterocycles. The van der Waals surface area contributed by atoms with E-state index in [9.17, 15) is 0 Å². The molecule has 2 aromatic rings. The molecule has 0 aliphatic heterocycles. The molecule has 0 unspecified atom stereocenters. The van der Waals surface area contributed by atoms with Crippen LogP contribution in [-0.4, -0.2) is 20.3 Å². The van der Waals surface area contributed by atoms with Crippen LogP contribution in [0, 0.1) is 6.92 Å². The van der Waals surface area contributed by atoms with Crippen LogP contribution in [0.2, 0.25) is 0 Å². The van der Waals surface area contributed by atoms with Crippen LogP contribution in [0.25, 0.3) is 0 Å². The molecule has 3 nitrogen and oxygen atoms in total. The number of hydrogen-bond acceptors (Lipinski definition) is 3. The lowest BCUT2D eigenvalue weighted by molar-refractivity contribution is 0.169. The van der Waals surface area contributed by atoms with Crippen LogP contribution in [0.1, 0.15) is 17.5 Å². The van der Waals surface area contributed by atoms with Crippen molar-refractivity contribution in [2.75, 3.05) is 20.3 Å². The van der Waals surface area contributed by atoms with Gasteiger partial charge in [0, 0.05) is 20.1 Å². The van der Waals surface area contributed by atoms with Gasteiger partial charge in [0.15, 0.2) is 11.5 Å². The van der Waals surface area contributed by atoms with E-state index in [1.165, 1.54) is 0 Å². The summed E-state index contributed by atoms with van der Waals surface area (Å²) in [6, 6.07) is 16.1. The molecule has 0 spiro atoms. The third-order valence-electron chi connectivity index (χ3n) is 3.09. The molecule has 0 aliphatic rings. The van der Waals surface area contributed by atoms with Crippen molar-refractivity contribution >= 4 is 0 Å². The molecular formula is C18H22O3. The first-order valence-electron chi connectivity index (χ1n) is 7.18. The largest absolute Gasteiger partial charge is 0.490 e. The first-order chi connectivity index (χ1) is 10.3. The number of methoxy groups -OCH3 is 1. The molecule has 0 heterocycles. The molecule has 0 atom stereocenters. The number of ether oxygens (including phenoxy) is 3. The Hall–Kier alpha value is -2.00. The molecule has 0 aliphatic carbocycles. The standard InChI is InChI=1S/C18H22O3/c1-15-9-10-17(18(13-15)20-12-6-11-19-2)21-14-16-7-4-3-5-8-16/h3-5,7-10,13H,6,11-12,14H2,1-2H3. The van der Waals surface area contributed by atoms with E-state index in [1.54, 1.807) is 7.11 Å². The topological polar surface area (TPSA) is 27.7 Å². The van der Waals surface area contributed by atoms with Crippen LogP contribution in [-0.2, 0) is 11.3 Å². The van der Waals surface area contributed by atoms with E-state index in [1.807, 2.05) is 55.5 Å². The zero-order valence-corrected chi connectivity index (χ0v) is 12.7. The average molecular weight is 286 g/mol. The third-order valence-corrected chi connectivity index (χ3v) is 3.09. The van der Waals surface area contributed by atoms with Crippen LogP contribution in [0.15, 0.2) is 48.5 Å². The maximum atomic E-state index is 5.88. The predicted octanol–water partition coefficient (Wildman–Crippen LogP) is 3.99. The molecular weight excluding hydrogens is 264 g/mol. The maximum absolute atomic E-state index is 5.88. The Morgan fingerprint density at radius 3 is 2.43 bits per heavy atom. The fourth-order valence-corrected chi connectivity index (χ4v) is 1.97. The molecule has 2 aromatic carbocycles. The van der Waals surface area contributed by atoms with Gasteiger partial charge in [-0.25, -0.2) is 0 Å². The second kappa shape index (κ2) is 8.32. The summed E-state index contributed by atoms with van der Waals surface area (Å²) in [7, 11) is 1.70. The van der Waals surface area contributed by atoms with Gasteiger partial charge in [0.2, 0.25) is 0 Å². The van der Waals surface area contributed by atoms with Crippen LogP contribution < -0.4 is 9.47 Å². The highest BCUT2D eigenvalue weighted by Gasteiger charge is 2.06. The normalized spacial score (nSPS) is 10.4. The summed E-state index contributed by atoms with van der Waals surface area (Å²) in [5.74, 6) is 1.57. The molecule has 0 saturated carbocycles. The molecule has 0 radical (unpaired) electrons. The first kappa shape index (κ1) is 15.4. The Kier molecular flexibility index (Phi) is 6.10.